The van der Waals surface area contributed by atoms with E-state index in [9.17, 15) is 4.79 Å². The van der Waals surface area contributed by atoms with Crippen molar-refractivity contribution in [1.29, 1.82) is 0 Å². The van der Waals surface area contributed by atoms with E-state index in [1.165, 1.54) is 0 Å². The second-order valence-corrected chi connectivity index (χ2v) is 8.63. The zero-order chi connectivity index (χ0) is 22.8. The molecule has 1 saturated heterocycles. The lowest BCUT2D eigenvalue weighted by Gasteiger charge is -2.41. The number of amides is 1. The molecule has 0 bridgehead atoms. The second kappa shape index (κ2) is 9.38. The molecule has 0 saturated carbocycles. The van der Waals surface area contributed by atoms with Crippen LogP contribution in [-0.2, 0) is 11.3 Å². The van der Waals surface area contributed by atoms with Crippen molar-refractivity contribution < 1.29 is 9.53 Å². The molecular weight excluding hydrogens is 449 g/mol. The molecule has 1 aliphatic rings. The fraction of sp³-hybridized carbons (Fsp3) is 0.348. The monoisotopic (exact) mass is 473 g/mol. The summed E-state index contributed by atoms with van der Waals surface area (Å²) in [5, 5.41) is 5.71. The van der Waals surface area contributed by atoms with Gasteiger partial charge in [-0.3, -0.25) is 14.5 Å². The van der Waals surface area contributed by atoms with Crippen molar-refractivity contribution in [2.45, 2.75) is 26.4 Å². The van der Waals surface area contributed by atoms with Crippen LogP contribution in [0, 0.1) is 6.92 Å². The van der Waals surface area contributed by atoms with Crippen LogP contribution in [0.5, 0.6) is 5.75 Å². The highest BCUT2D eigenvalue weighted by atomic mass is 35.5. The molecule has 0 unspecified atom stereocenters. The van der Waals surface area contributed by atoms with Gasteiger partial charge in [-0.25, -0.2) is 0 Å². The van der Waals surface area contributed by atoms with Crippen molar-refractivity contribution in [3.8, 4) is 17.0 Å². The Morgan fingerprint density at radius 1 is 1.25 bits per heavy atom. The van der Waals surface area contributed by atoms with E-state index in [0.29, 0.717) is 28.0 Å². The average Bonchev–Trinajstić information content (AvgIpc) is 3.08. The minimum atomic E-state index is 0.0193. The molecule has 1 aromatic carbocycles. The number of anilines is 1. The number of ether oxygens (including phenoxy) is 1. The van der Waals surface area contributed by atoms with Gasteiger partial charge >= 0.3 is 0 Å². The Kier molecular flexibility index (Phi) is 6.58. The molecule has 168 valence electrons. The minimum absolute atomic E-state index is 0.0193. The lowest BCUT2D eigenvalue weighted by Crippen LogP contribution is -2.54. The van der Waals surface area contributed by atoms with Crippen LogP contribution >= 0.6 is 23.2 Å². The van der Waals surface area contributed by atoms with Crippen LogP contribution in [0.15, 0.2) is 42.7 Å². The number of rotatable bonds is 5. The van der Waals surface area contributed by atoms with Crippen LogP contribution < -0.4 is 9.64 Å². The molecule has 7 nitrogen and oxygen atoms in total. The summed E-state index contributed by atoms with van der Waals surface area (Å²) in [7, 11) is 1.60. The van der Waals surface area contributed by atoms with Crippen molar-refractivity contribution in [2.24, 2.45) is 0 Å². The molecule has 0 spiro atoms. The van der Waals surface area contributed by atoms with Gasteiger partial charge in [-0.2, -0.15) is 5.10 Å². The number of halogens is 2. The van der Waals surface area contributed by atoms with Crippen LogP contribution in [0.2, 0.25) is 10.0 Å². The third kappa shape index (κ3) is 4.40. The van der Waals surface area contributed by atoms with E-state index in [2.05, 4.69) is 21.9 Å². The molecule has 2 aromatic heterocycles. The van der Waals surface area contributed by atoms with Crippen LogP contribution in [0.4, 0.5) is 5.69 Å². The van der Waals surface area contributed by atoms with Gasteiger partial charge in [0.05, 0.1) is 22.8 Å². The molecule has 0 radical (unpaired) electrons. The van der Waals surface area contributed by atoms with Crippen molar-refractivity contribution >= 4 is 34.8 Å². The third-order valence-corrected chi connectivity index (χ3v) is 6.57. The van der Waals surface area contributed by atoms with E-state index in [1.54, 1.807) is 24.2 Å². The maximum Gasteiger partial charge on any atom is 0.244 e. The summed E-state index contributed by atoms with van der Waals surface area (Å²) < 4.78 is 7.01. The van der Waals surface area contributed by atoms with Gasteiger partial charge in [0.1, 0.15) is 18.0 Å². The van der Waals surface area contributed by atoms with Gasteiger partial charge in [0.15, 0.2) is 0 Å². The molecule has 3 heterocycles. The van der Waals surface area contributed by atoms with Crippen molar-refractivity contribution in [3.05, 3.63) is 58.5 Å². The largest absolute Gasteiger partial charge is 0.495 e. The first-order valence-corrected chi connectivity index (χ1v) is 11.2. The highest BCUT2D eigenvalue weighted by Gasteiger charge is 2.29. The Morgan fingerprint density at radius 2 is 2.06 bits per heavy atom. The molecule has 9 heteroatoms. The number of methoxy groups -OCH3 is 1. The van der Waals surface area contributed by atoms with Crippen molar-refractivity contribution in [2.75, 3.05) is 31.6 Å². The predicted octanol–water partition coefficient (Wildman–Crippen LogP) is 4.31. The predicted molar refractivity (Wildman–Crippen MR) is 127 cm³/mol. The third-order valence-electron chi connectivity index (χ3n) is 5.80. The Labute approximate surface area is 197 Å². The maximum atomic E-state index is 13.1. The van der Waals surface area contributed by atoms with E-state index >= 15 is 0 Å². The van der Waals surface area contributed by atoms with Gasteiger partial charge in [0, 0.05) is 55.4 Å². The Morgan fingerprint density at radius 3 is 2.75 bits per heavy atom. The molecule has 1 amide bonds. The number of carbonyl (C=O) groups excluding carboxylic acids is 1. The maximum absolute atomic E-state index is 13.1. The highest BCUT2D eigenvalue weighted by Crippen LogP contribution is 2.31. The smallest absolute Gasteiger partial charge is 0.244 e. The lowest BCUT2D eigenvalue weighted by atomic mass is 10.1. The summed E-state index contributed by atoms with van der Waals surface area (Å²) in [6.45, 7) is 6.13. The van der Waals surface area contributed by atoms with E-state index < -0.39 is 0 Å². The van der Waals surface area contributed by atoms with Gasteiger partial charge in [0.2, 0.25) is 5.91 Å². The van der Waals surface area contributed by atoms with E-state index in [-0.39, 0.29) is 18.5 Å². The molecular formula is C23H25Cl2N5O2. The van der Waals surface area contributed by atoms with Gasteiger partial charge < -0.3 is 14.5 Å². The fourth-order valence-electron chi connectivity index (χ4n) is 3.99. The first-order valence-electron chi connectivity index (χ1n) is 10.4. The van der Waals surface area contributed by atoms with Crippen molar-refractivity contribution in [3.63, 3.8) is 0 Å². The summed E-state index contributed by atoms with van der Waals surface area (Å²) in [6.07, 6.45) is 3.42. The molecule has 3 aromatic rings. The first kappa shape index (κ1) is 22.4. The van der Waals surface area contributed by atoms with Crippen LogP contribution in [0.3, 0.4) is 0 Å². The summed E-state index contributed by atoms with van der Waals surface area (Å²) in [5.41, 5.74) is 3.26. The van der Waals surface area contributed by atoms with Crippen molar-refractivity contribution in [1.82, 2.24) is 19.7 Å². The Hall–Kier alpha value is -2.77. The highest BCUT2D eigenvalue weighted by molar-refractivity contribution is 6.33. The molecule has 0 N–H and O–H groups in total. The minimum Gasteiger partial charge on any atom is -0.495 e. The SMILES string of the molecule is COc1cc(N2CCN(C(=O)Cn3nc(-c4cccnc4)c(Cl)c3C)[C@@H](C)C2)ccc1Cl. The van der Waals surface area contributed by atoms with Gasteiger partial charge in [0.25, 0.3) is 0 Å². The number of nitrogens with zero attached hydrogens (tertiary/aromatic N) is 5. The van der Waals surface area contributed by atoms with E-state index in [4.69, 9.17) is 27.9 Å². The molecule has 32 heavy (non-hydrogen) atoms. The van der Waals surface area contributed by atoms with Crippen LogP contribution in [0.25, 0.3) is 11.3 Å². The lowest BCUT2D eigenvalue weighted by molar-refractivity contribution is -0.134. The summed E-state index contributed by atoms with van der Waals surface area (Å²) in [4.78, 5) is 21.4. The molecule has 4 rings (SSSR count). The molecule has 1 atom stereocenters. The van der Waals surface area contributed by atoms with Crippen LogP contribution in [0.1, 0.15) is 12.6 Å². The van der Waals surface area contributed by atoms with Gasteiger partial charge in [-0.05, 0) is 38.1 Å². The molecule has 1 aliphatic heterocycles. The number of piperazine rings is 1. The zero-order valence-electron chi connectivity index (χ0n) is 18.3. The zero-order valence-corrected chi connectivity index (χ0v) is 19.8. The molecule has 1 fully saturated rings. The second-order valence-electron chi connectivity index (χ2n) is 7.85. The number of benzene rings is 1. The Bertz CT molecular complexity index is 1120. The van der Waals surface area contributed by atoms with E-state index in [0.717, 1.165) is 30.0 Å². The number of aromatic nitrogens is 3. The van der Waals surface area contributed by atoms with Crippen LogP contribution in [-0.4, -0.2) is 58.4 Å². The summed E-state index contributed by atoms with van der Waals surface area (Å²) in [5.74, 6) is 0.664. The van der Waals surface area contributed by atoms with E-state index in [1.807, 2.05) is 42.2 Å². The average molecular weight is 474 g/mol. The number of pyridine rings is 1. The number of carbonyl (C=O) groups is 1. The quantitative estimate of drug-likeness (QED) is 0.552. The Balaban J connectivity index is 1.45. The fourth-order valence-corrected chi connectivity index (χ4v) is 4.43. The van der Waals surface area contributed by atoms with Gasteiger partial charge in [-0.15, -0.1) is 0 Å². The molecule has 0 aliphatic carbocycles. The number of hydrogen-bond donors (Lipinski definition) is 0. The first-order chi connectivity index (χ1) is 15.4. The topological polar surface area (TPSA) is 63.5 Å². The summed E-state index contributed by atoms with van der Waals surface area (Å²) in [6, 6.07) is 9.53. The normalized spacial score (nSPS) is 16.3. The standard InChI is InChI=1S/C23H25Cl2N5O2/c1-15-13-28(18-6-7-19(24)20(11-18)32-3)9-10-29(15)21(31)14-30-16(2)22(25)23(27-30)17-5-4-8-26-12-17/h4-8,11-12,15H,9-10,13-14H2,1-3H3/t15-/m0/s1. The number of hydrogen-bond acceptors (Lipinski definition) is 5. The van der Waals surface area contributed by atoms with Gasteiger partial charge in [-0.1, -0.05) is 23.2 Å². The summed E-state index contributed by atoms with van der Waals surface area (Å²) >= 11 is 12.7.